The summed E-state index contributed by atoms with van der Waals surface area (Å²) in [7, 11) is -6.00. The second-order valence-electron chi connectivity index (χ2n) is 6.29. The molecule has 0 unspecified atom stereocenters. The summed E-state index contributed by atoms with van der Waals surface area (Å²) in [5, 5.41) is 0. The maximum absolute atomic E-state index is 9.75. The van der Waals surface area contributed by atoms with Crippen molar-refractivity contribution in [3.63, 3.8) is 0 Å². The third-order valence-corrected chi connectivity index (χ3v) is 7.12. The van der Waals surface area contributed by atoms with E-state index in [0.29, 0.717) is 0 Å². The van der Waals surface area contributed by atoms with Gasteiger partial charge in [-0.05, 0) is 52.0 Å². The van der Waals surface area contributed by atoms with Crippen molar-refractivity contribution in [1.29, 1.82) is 0 Å². The molecular formula is C19H30BF4I. The van der Waals surface area contributed by atoms with Crippen LogP contribution in [0.4, 0.5) is 17.3 Å². The average Bonchev–Trinajstić information content (AvgIpc) is 2.46. The normalized spacial score (nSPS) is 10.9. The van der Waals surface area contributed by atoms with Gasteiger partial charge in [-0.1, -0.05) is 44.4 Å². The highest BCUT2D eigenvalue weighted by molar-refractivity contribution is 6.50. The van der Waals surface area contributed by atoms with E-state index in [-0.39, 0.29) is 21.2 Å². The fourth-order valence-corrected chi connectivity index (χ4v) is 5.18. The summed E-state index contributed by atoms with van der Waals surface area (Å²) in [5.41, 5.74) is 6.11. The number of unbranched alkanes of at least 4 members (excludes halogenated alkanes) is 2. The number of hydrogen-bond donors (Lipinski definition) is 0. The Labute approximate surface area is 160 Å². The van der Waals surface area contributed by atoms with Gasteiger partial charge in [0.25, 0.3) is 0 Å². The predicted octanol–water partition coefficient (Wildman–Crippen LogP) is 4.43. The van der Waals surface area contributed by atoms with Crippen LogP contribution in [0.1, 0.15) is 69.1 Å². The third kappa shape index (κ3) is 13.4. The molecule has 0 nitrogen and oxygen atoms in total. The van der Waals surface area contributed by atoms with E-state index in [1.807, 2.05) is 0 Å². The van der Waals surface area contributed by atoms with Crippen LogP contribution in [-0.2, 0) is 0 Å². The zero-order valence-corrected chi connectivity index (χ0v) is 18.1. The highest BCUT2D eigenvalue weighted by Crippen LogP contribution is 2.13. The predicted molar refractivity (Wildman–Crippen MR) is 96.7 cm³/mol. The summed E-state index contributed by atoms with van der Waals surface area (Å²) in [5.74, 6) is 0. The van der Waals surface area contributed by atoms with Crippen LogP contribution < -0.4 is 21.2 Å². The molecule has 1 rings (SSSR count). The molecule has 0 bridgehead atoms. The minimum absolute atomic E-state index is 0.0327. The summed E-state index contributed by atoms with van der Waals surface area (Å²) in [4.78, 5) is 0. The highest BCUT2D eigenvalue weighted by Gasteiger charge is 2.20. The van der Waals surface area contributed by atoms with E-state index in [2.05, 4.69) is 50.8 Å². The molecule has 0 aliphatic carbocycles. The second-order valence-corrected chi connectivity index (χ2v) is 8.62. The van der Waals surface area contributed by atoms with E-state index >= 15 is 0 Å². The molecule has 0 aromatic heterocycles. The monoisotopic (exact) mass is 472 g/mol. The van der Waals surface area contributed by atoms with Crippen molar-refractivity contribution in [2.75, 3.05) is 0 Å². The highest BCUT2D eigenvalue weighted by atomic mass is 127. The Morgan fingerprint density at radius 1 is 0.920 bits per heavy atom. The lowest BCUT2D eigenvalue weighted by Gasteiger charge is -2.03. The first-order valence-electron chi connectivity index (χ1n) is 8.84. The van der Waals surface area contributed by atoms with Gasteiger partial charge in [0, 0.05) is 11.1 Å². The number of aryl methyl sites for hydroxylation is 3. The van der Waals surface area contributed by atoms with Crippen LogP contribution >= 0.6 is 0 Å². The maximum Gasteiger partial charge on any atom is 0.673 e. The first kappa shape index (κ1) is 24.5. The Kier molecular flexibility index (Phi) is 12.5. The first-order valence-corrected chi connectivity index (χ1v) is 11.2. The molecule has 0 aliphatic heterocycles. The summed E-state index contributed by atoms with van der Waals surface area (Å²) in [6.45, 7) is 11.3. The molecule has 0 heterocycles. The standard InChI is InChI=1S/C19H30I.BF4/c1-6-8-10-18(11-9-7-2)14-20-19-16(4)12-15(3)13-17(19)5;2-1(3,4)5/h12-14H,6-11H2,1-5H3;/q+1;-1. The Bertz CT molecular complexity index is 500. The van der Waals surface area contributed by atoms with Crippen molar-refractivity contribution < 1.29 is 38.5 Å². The first-order chi connectivity index (χ1) is 11.6. The lowest BCUT2D eigenvalue weighted by molar-refractivity contribution is -0.559. The minimum atomic E-state index is -6.00. The van der Waals surface area contributed by atoms with Crippen molar-refractivity contribution in [2.45, 2.75) is 73.1 Å². The topological polar surface area (TPSA) is 0 Å². The molecule has 1 aromatic carbocycles. The molecule has 0 saturated carbocycles. The minimum Gasteiger partial charge on any atom is -0.418 e. The van der Waals surface area contributed by atoms with E-state index in [0.717, 1.165) is 0 Å². The van der Waals surface area contributed by atoms with Gasteiger partial charge in [-0.25, -0.2) is 0 Å². The van der Waals surface area contributed by atoms with E-state index in [1.54, 1.807) is 9.14 Å². The molecule has 0 spiro atoms. The second kappa shape index (κ2) is 12.8. The lowest BCUT2D eigenvalue weighted by Crippen LogP contribution is -3.59. The largest absolute Gasteiger partial charge is 0.673 e. The molecule has 0 N–H and O–H groups in total. The van der Waals surface area contributed by atoms with Crippen molar-refractivity contribution in [3.8, 4) is 0 Å². The van der Waals surface area contributed by atoms with Crippen LogP contribution in [0.5, 0.6) is 0 Å². The summed E-state index contributed by atoms with van der Waals surface area (Å²) >= 11 is 0.0327. The van der Waals surface area contributed by atoms with Gasteiger partial charge in [0.2, 0.25) is 0 Å². The fraction of sp³-hybridized carbons (Fsp3) is 0.579. The fourth-order valence-electron chi connectivity index (χ4n) is 2.51. The maximum atomic E-state index is 9.75. The Morgan fingerprint density at radius 2 is 1.32 bits per heavy atom. The molecule has 1 aromatic rings. The van der Waals surface area contributed by atoms with Crippen molar-refractivity contribution in [3.05, 3.63) is 42.0 Å². The molecule has 0 radical (unpaired) electrons. The molecule has 0 aliphatic rings. The smallest absolute Gasteiger partial charge is 0.418 e. The molecule has 6 heteroatoms. The van der Waals surface area contributed by atoms with Crippen LogP contribution in [0.2, 0.25) is 0 Å². The SMILES string of the molecule is CCCCC(=C[I+]c1c(C)cc(C)cc1C)CCCC.F[B-](F)(F)F. The van der Waals surface area contributed by atoms with Crippen LogP contribution in [0.3, 0.4) is 0 Å². The van der Waals surface area contributed by atoms with Gasteiger partial charge in [0.15, 0.2) is 7.65 Å². The summed E-state index contributed by atoms with van der Waals surface area (Å²) in [6.07, 6.45) is 7.96. The van der Waals surface area contributed by atoms with E-state index in [9.17, 15) is 17.3 Å². The molecule has 0 atom stereocenters. The number of benzene rings is 1. The van der Waals surface area contributed by atoms with Crippen LogP contribution in [0.25, 0.3) is 0 Å². The molecule has 0 saturated heterocycles. The number of allylic oxidation sites excluding steroid dienone is 1. The lowest BCUT2D eigenvalue weighted by atomic mass is 10.1. The van der Waals surface area contributed by atoms with Crippen molar-refractivity contribution >= 4 is 7.25 Å². The molecule has 25 heavy (non-hydrogen) atoms. The summed E-state index contributed by atoms with van der Waals surface area (Å²) in [6, 6.07) is 4.68. The van der Waals surface area contributed by atoms with E-state index < -0.39 is 7.25 Å². The summed E-state index contributed by atoms with van der Waals surface area (Å²) < 4.78 is 43.3. The Balaban J connectivity index is 0.00000101. The molecule has 144 valence electrons. The average molecular weight is 472 g/mol. The number of hydrogen-bond acceptors (Lipinski definition) is 0. The zero-order chi connectivity index (χ0) is 19.5. The van der Waals surface area contributed by atoms with Gasteiger partial charge in [-0.2, -0.15) is 0 Å². The van der Waals surface area contributed by atoms with Crippen LogP contribution in [-0.4, -0.2) is 7.25 Å². The number of halogens is 5. The van der Waals surface area contributed by atoms with Crippen molar-refractivity contribution in [1.82, 2.24) is 0 Å². The molecule has 0 amide bonds. The van der Waals surface area contributed by atoms with Crippen LogP contribution in [0.15, 0.2) is 21.8 Å². The zero-order valence-electron chi connectivity index (χ0n) is 15.9. The van der Waals surface area contributed by atoms with Gasteiger partial charge in [0.1, 0.15) is 0 Å². The number of rotatable bonds is 8. The van der Waals surface area contributed by atoms with Gasteiger partial charge in [0.05, 0.1) is 0 Å². The van der Waals surface area contributed by atoms with E-state index in [4.69, 9.17) is 0 Å². The van der Waals surface area contributed by atoms with E-state index in [1.165, 1.54) is 55.2 Å². The molecular weight excluding hydrogens is 442 g/mol. The van der Waals surface area contributed by atoms with Gasteiger partial charge < -0.3 is 17.3 Å². The Hall–Kier alpha value is -0.525. The Morgan fingerprint density at radius 3 is 1.68 bits per heavy atom. The van der Waals surface area contributed by atoms with Gasteiger partial charge in [-0.3, -0.25) is 0 Å². The van der Waals surface area contributed by atoms with Crippen molar-refractivity contribution in [2.24, 2.45) is 0 Å². The van der Waals surface area contributed by atoms with Gasteiger partial charge in [-0.15, -0.1) is 0 Å². The third-order valence-electron chi connectivity index (χ3n) is 3.60. The van der Waals surface area contributed by atoms with Crippen LogP contribution in [0, 0.1) is 24.3 Å². The van der Waals surface area contributed by atoms with Gasteiger partial charge >= 0.3 is 28.5 Å². The quantitative estimate of drug-likeness (QED) is 0.299. The molecule has 0 fully saturated rings.